The highest BCUT2D eigenvalue weighted by Crippen LogP contribution is 2.27. The maximum atomic E-state index is 12.4. The Balaban J connectivity index is 1.43. The van der Waals surface area contributed by atoms with E-state index in [0.717, 1.165) is 17.4 Å². The molecular formula is C22H15N3O7S. The fraction of sp³-hybridized carbons (Fsp3) is 0.0909. The van der Waals surface area contributed by atoms with Crippen molar-refractivity contribution in [2.75, 3.05) is 5.32 Å². The minimum atomic E-state index is -1.21. The summed E-state index contributed by atoms with van der Waals surface area (Å²) in [5, 5.41) is 15.7. The second-order valence-electron chi connectivity index (χ2n) is 6.85. The molecule has 2 heterocycles. The molecular weight excluding hydrogens is 450 g/mol. The summed E-state index contributed by atoms with van der Waals surface area (Å²) in [5.74, 6) is -1.93. The number of aromatic nitrogens is 1. The summed E-state index contributed by atoms with van der Waals surface area (Å²) in [7, 11) is 0. The first-order chi connectivity index (χ1) is 15.8. The van der Waals surface area contributed by atoms with Crippen molar-refractivity contribution >= 4 is 45.0 Å². The van der Waals surface area contributed by atoms with Crippen LogP contribution in [0.5, 0.6) is 0 Å². The number of carbonyl (C=O) groups is 2. The molecule has 1 atom stereocenters. The Hall–Kier alpha value is -4.38. The number of hydrogen-bond donors (Lipinski definition) is 1. The largest absolute Gasteiger partial charge is 0.449 e. The first-order valence-electron chi connectivity index (χ1n) is 9.57. The molecule has 1 amide bonds. The van der Waals surface area contributed by atoms with Crippen LogP contribution in [-0.4, -0.2) is 27.9 Å². The average Bonchev–Trinajstić information content (AvgIpc) is 3.27. The van der Waals surface area contributed by atoms with E-state index in [0.29, 0.717) is 16.6 Å². The summed E-state index contributed by atoms with van der Waals surface area (Å²) in [6.07, 6.45) is -1.21. The first kappa shape index (κ1) is 21.8. The number of carbonyl (C=O) groups excluding carboxylic acids is 2. The van der Waals surface area contributed by atoms with Crippen molar-refractivity contribution in [3.05, 3.63) is 86.1 Å². The zero-order valence-corrected chi connectivity index (χ0v) is 17.8. The van der Waals surface area contributed by atoms with E-state index in [1.54, 1.807) is 35.7 Å². The molecule has 0 aliphatic heterocycles. The van der Waals surface area contributed by atoms with Crippen LogP contribution in [0.15, 0.2) is 69.2 Å². The number of esters is 1. The SMILES string of the molecule is CC(OC(=O)c1cc(=O)c2ccccc2o1)C(=O)Nc1nc(-c2cccc([N+](=O)[O-])c2)cs1. The Bertz CT molecular complexity index is 1440. The number of nitro benzene ring substituents is 1. The van der Waals surface area contributed by atoms with Crippen molar-refractivity contribution in [2.45, 2.75) is 13.0 Å². The van der Waals surface area contributed by atoms with Gasteiger partial charge in [-0.3, -0.25) is 25.0 Å². The van der Waals surface area contributed by atoms with E-state index in [9.17, 15) is 24.5 Å². The molecule has 0 aliphatic rings. The number of benzene rings is 2. The number of fused-ring (bicyclic) bond motifs is 1. The third-order valence-corrected chi connectivity index (χ3v) is 5.33. The number of para-hydroxylation sites is 1. The van der Waals surface area contributed by atoms with E-state index >= 15 is 0 Å². The number of non-ortho nitro benzene ring substituents is 1. The van der Waals surface area contributed by atoms with Gasteiger partial charge in [0.1, 0.15) is 5.58 Å². The summed E-state index contributed by atoms with van der Waals surface area (Å²) in [6.45, 7) is 1.36. The monoisotopic (exact) mass is 465 g/mol. The maximum absolute atomic E-state index is 12.4. The molecule has 11 heteroatoms. The van der Waals surface area contributed by atoms with Crippen molar-refractivity contribution in [2.24, 2.45) is 0 Å². The highest BCUT2D eigenvalue weighted by atomic mass is 32.1. The Morgan fingerprint density at radius 1 is 1.18 bits per heavy atom. The van der Waals surface area contributed by atoms with Crippen LogP contribution in [0.2, 0.25) is 0 Å². The lowest BCUT2D eigenvalue weighted by atomic mass is 10.1. The molecule has 0 fully saturated rings. The number of anilines is 1. The molecule has 166 valence electrons. The lowest BCUT2D eigenvalue weighted by molar-refractivity contribution is -0.384. The standard InChI is InChI=1S/C22H15N3O7S/c1-12(31-21(28)19-10-17(26)15-7-2-3-8-18(15)32-19)20(27)24-22-23-16(11-33-22)13-5-4-6-14(9-13)25(29)30/h2-12H,1H3,(H,23,24,27). The van der Waals surface area contributed by atoms with Gasteiger partial charge >= 0.3 is 5.97 Å². The quantitative estimate of drug-likeness (QED) is 0.256. The van der Waals surface area contributed by atoms with Gasteiger partial charge in [0.05, 0.1) is 16.0 Å². The van der Waals surface area contributed by atoms with Gasteiger partial charge in [-0.25, -0.2) is 9.78 Å². The van der Waals surface area contributed by atoms with Crippen molar-refractivity contribution in [1.29, 1.82) is 0 Å². The number of nitrogens with zero attached hydrogens (tertiary/aromatic N) is 2. The lowest BCUT2D eigenvalue weighted by Gasteiger charge is -2.12. The van der Waals surface area contributed by atoms with Crippen LogP contribution in [0.1, 0.15) is 17.5 Å². The topological polar surface area (TPSA) is 142 Å². The third-order valence-electron chi connectivity index (χ3n) is 4.58. The second-order valence-corrected chi connectivity index (χ2v) is 7.71. The van der Waals surface area contributed by atoms with E-state index in [-0.39, 0.29) is 22.2 Å². The van der Waals surface area contributed by atoms with E-state index in [1.807, 2.05) is 0 Å². The molecule has 0 aliphatic carbocycles. The van der Waals surface area contributed by atoms with Gasteiger partial charge in [-0.1, -0.05) is 24.3 Å². The Morgan fingerprint density at radius 2 is 1.97 bits per heavy atom. The molecule has 0 spiro atoms. The third kappa shape index (κ3) is 4.77. The van der Waals surface area contributed by atoms with Gasteiger partial charge in [-0.15, -0.1) is 11.3 Å². The Labute approximate surface area is 189 Å². The van der Waals surface area contributed by atoms with Gasteiger partial charge in [0.15, 0.2) is 16.7 Å². The van der Waals surface area contributed by atoms with Crippen LogP contribution in [0.4, 0.5) is 10.8 Å². The number of nitrogens with one attached hydrogen (secondary N) is 1. The average molecular weight is 465 g/mol. The van der Waals surface area contributed by atoms with Gasteiger partial charge in [0.2, 0.25) is 5.76 Å². The van der Waals surface area contributed by atoms with E-state index < -0.39 is 28.3 Å². The van der Waals surface area contributed by atoms with Crippen LogP contribution in [0, 0.1) is 10.1 Å². The van der Waals surface area contributed by atoms with E-state index in [1.165, 1.54) is 25.1 Å². The lowest BCUT2D eigenvalue weighted by Crippen LogP contribution is -2.30. The highest BCUT2D eigenvalue weighted by molar-refractivity contribution is 7.14. The predicted molar refractivity (Wildman–Crippen MR) is 120 cm³/mol. The molecule has 10 nitrogen and oxygen atoms in total. The van der Waals surface area contributed by atoms with Crippen molar-refractivity contribution < 1.29 is 23.7 Å². The summed E-state index contributed by atoms with van der Waals surface area (Å²) < 4.78 is 10.5. The van der Waals surface area contributed by atoms with Gasteiger partial charge in [-0.05, 0) is 19.1 Å². The molecule has 0 bridgehead atoms. The number of amides is 1. The van der Waals surface area contributed by atoms with Crippen LogP contribution in [0.25, 0.3) is 22.2 Å². The fourth-order valence-corrected chi connectivity index (χ4v) is 3.65. The van der Waals surface area contributed by atoms with Crippen LogP contribution in [-0.2, 0) is 9.53 Å². The predicted octanol–water partition coefficient (Wildman–Crippen LogP) is 4.01. The number of ether oxygens (including phenoxy) is 1. The van der Waals surface area contributed by atoms with Crippen LogP contribution < -0.4 is 10.7 Å². The normalized spacial score (nSPS) is 11.7. The Morgan fingerprint density at radius 3 is 2.76 bits per heavy atom. The van der Waals surface area contributed by atoms with Crippen molar-refractivity contribution in [3.63, 3.8) is 0 Å². The zero-order chi connectivity index (χ0) is 23.5. The van der Waals surface area contributed by atoms with Crippen molar-refractivity contribution in [1.82, 2.24) is 4.98 Å². The first-order valence-corrected chi connectivity index (χ1v) is 10.4. The summed E-state index contributed by atoms with van der Waals surface area (Å²) in [5.41, 5.74) is 0.711. The van der Waals surface area contributed by atoms with E-state index in [2.05, 4.69) is 10.3 Å². The molecule has 1 unspecified atom stereocenters. The summed E-state index contributed by atoms with van der Waals surface area (Å²) in [4.78, 5) is 51.7. The number of hydrogen-bond acceptors (Lipinski definition) is 9. The number of rotatable bonds is 6. The van der Waals surface area contributed by atoms with Crippen LogP contribution in [0.3, 0.4) is 0 Å². The molecule has 4 rings (SSSR count). The van der Waals surface area contributed by atoms with Gasteiger partial charge in [0, 0.05) is 29.1 Å². The maximum Gasteiger partial charge on any atom is 0.375 e. The molecule has 33 heavy (non-hydrogen) atoms. The molecule has 4 aromatic rings. The molecule has 2 aromatic carbocycles. The molecule has 1 N–H and O–H groups in total. The smallest absolute Gasteiger partial charge is 0.375 e. The van der Waals surface area contributed by atoms with Gasteiger partial charge in [0.25, 0.3) is 11.6 Å². The van der Waals surface area contributed by atoms with Gasteiger partial charge in [-0.2, -0.15) is 0 Å². The molecule has 0 saturated heterocycles. The number of thiazole rings is 1. The van der Waals surface area contributed by atoms with Crippen LogP contribution >= 0.6 is 11.3 Å². The minimum absolute atomic E-state index is 0.0769. The number of nitro groups is 1. The highest BCUT2D eigenvalue weighted by Gasteiger charge is 2.22. The van der Waals surface area contributed by atoms with E-state index in [4.69, 9.17) is 9.15 Å². The summed E-state index contributed by atoms with van der Waals surface area (Å²) >= 11 is 1.11. The molecule has 2 aromatic heterocycles. The minimum Gasteiger partial charge on any atom is -0.449 e. The summed E-state index contributed by atoms with van der Waals surface area (Å²) in [6, 6.07) is 13.4. The van der Waals surface area contributed by atoms with Gasteiger partial charge < -0.3 is 9.15 Å². The molecule has 0 saturated carbocycles. The molecule has 0 radical (unpaired) electrons. The Kier molecular flexibility index (Phi) is 5.96. The zero-order valence-electron chi connectivity index (χ0n) is 17.0. The second kappa shape index (κ2) is 9.01. The fourth-order valence-electron chi connectivity index (χ4n) is 2.93. The van der Waals surface area contributed by atoms with Crippen molar-refractivity contribution in [3.8, 4) is 11.3 Å².